The summed E-state index contributed by atoms with van der Waals surface area (Å²) in [6, 6.07) is 13.2. The van der Waals surface area contributed by atoms with Crippen LogP contribution in [-0.2, 0) is 19.1 Å². The topological polar surface area (TPSA) is 256 Å². The molecule has 1 fully saturated rings. The molecule has 2 aliphatic rings. The molecule has 6 rings (SSSR count). The Bertz CT molecular complexity index is 2170. The number of ether oxygens (including phenoxy) is 1. The third-order valence-corrected chi connectivity index (χ3v) is 12.0. The van der Waals surface area contributed by atoms with Gasteiger partial charge in [0.25, 0.3) is 17.7 Å². The van der Waals surface area contributed by atoms with Crippen LogP contribution >= 0.6 is 34.9 Å². The Balaban J connectivity index is 0.00000620. The first-order valence-corrected chi connectivity index (χ1v) is 19.8. The van der Waals surface area contributed by atoms with Crippen molar-refractivity contribution < 1.29 is 78.7 Å². The number of hydrogen-bond acceptors (Lipinski definition) is 16. The second-order valence-corrected chi connectivity index (χ2v) is 15.6. The number of aliphatic hydroxyl groups excluding tert-OH is 1. The maximum Gasteiger partial charge on any atom is 1.00 e. The molecule has 0 saturated carbocycles. The number of pyridine rings is 1. The first-order chi connectivity index (χ1) is 26.9. The minimum Gasteiger partial charge on any atom is -0.543 e. The number of phenols is 1. The van der Waals surface area contributed by atoms with Crippen molar-refractivity contribution in [2.75, 3.05) is 37.9 Å². The molecule has 21 heteroatoms. The number of carbonyl (C=O) groups excluding carboxylic acids is 5. The van der Waals surface area contributed by atoms with Crippen LogP contribution in [0, 0.1) is 6.92 Å². The number of nitrogens with one attached hydrogen (secondary N) is 3. The number of rotatable bonds is 16. The number of aromatic nitrogens is 3. The predicted molar refractivity (Wildman–Crippen MR) is 202 cm³/mol. The zero-order chi connectivity index (χ0) is 39.9. The molecule has 0 aliphatic carbocycles. The van der Waals surface area contributed by atoms with Gasteiger partial charge in [0.15, 0.2) is 4.34 Å². The summed E-state index contributed by atoms with van der Waals surface area (Å²) in [6.45, 7) is 2.35. The van der Waals surface area contributed by atoms with E-state index in [0.29, 0.717) is 21.2 Å². The largest absolute Gasteiger partial charge is 1.00 e. The molecule has 0 radical (unpaired) electrons. The van der Waals surface area contributed by atoms with E-state index in [1.807, 2.05) is 31.2 Å². The molecule has 17 nitrogen and oxygen atoms in total. The van der Waals surface area contributed by atoms with E-state index in [1.165, 1.54) is 42.1 Å². The summed E-state index contributed by atoms with van der Waals surface area (Å²) in [4.78, 5) is 70.7. The monoisotopic (exact) mass is 843 g/mol. The molecule has 6 N–H and O–H groups in total. The number of aliphatic carboxylic acids is 1. The van der Waals surface area contributed by atoms with Crippen molar-refractivity contribution in [3.63, 3.8) is 0 Å². The van der Waals surface area contributed by atoms with Crippen LogP contribution < -0.4 is 50.6 Å². The summed E-state index contributed by atoms with van der Waals surface area (Å²) < 4.78 is 5.49. The Hall–Kier alpha value is -4.54. The molecule has 1 saturated heterocycles. The van der Waals surface area contributed by atoms with Crippen LogP contribution in [0.3, 0.4) is 0 Å². The zero-order valence-corrected chi connectivity index (χ0v) is 34.9. The van der Waals surface area contributed by atoms with E-state index in [0.717, 1.165) is 33.6 Å². The average molecular weight is 844 g/mol. The molecule has 0 spiro atoms. The number of phenolic OH excluding ortho intramolecular Hbond substituents is 1. The van der Waals surface area contributed by atoms with Gasteiger partial charge in [-0.2, -0.15) is 0 Å². The van der Waals surface area contributed by atoms with E-state index in [1.54, 1.807) is 6.07 Å². The van der Waals surface area contributed by atoms with Crippen LogP contribution in [0.4, 0.5) is 0 Å². The van der Waals surface area contributed by atoms with Crippen molar-refractivity contribution in [2.45, 2.75) is 28.7 Å². The number of amides is 4. The fourth-order valence-electron chi connectivity index (χ4n) is 5.69. The van der Waals surface area contributed by atoms with Gasteiger partial charge in [-0.25, -0.2) is 4.98 Å². The van der Waals surface area contributed by atoms with Gasteiger partial charge in [-0.05, 0) is 42.3 Å². The number of nitrogens with zero attached hydrogens (tertiary/aromatic N) is 4. The van der Waals surface area contributed by atoms with Gasteiger partial charge < -0.3 is 45.9 Å². The number of carboxylic acid groups (broad SMARTS) is 1. The molecule has 0 bridgehead atoms. The smallest absolute Gasteiger partial charge is 0.543 e. The number of thioether (sulfide) groups is 2. The number of benzene rings is 2. The molecule has 2 aromatic carbocycles. The molecule has 4 heterocycles. The minimum absolute atomic E-state index is 0. The summed E-state index contributed by atoms with van der Waals surface area (Å²) in [6.07, 6.45) is 0. The minimum atomic E-state index is -1.58. The molecule has 2 aromatic heterocycles. The second kappa shape index (κ2) is 19.7. The second-order valence-electron chi connectivity index (χ2n) is 12.3. The van der Waals surface area contributed by atoms with E-state index >= 15 is 0 Å². The average Bonchev–Trinajstić information content (AvgIpc) is 3.67. The quantitative estimate of drug-likeness (QED) is 0.0301. The van der Waals surface area contributed by atoms with Crippen LogP contribution in [0.25, 0.3) is 11.3 Å². The van der Waals surface area contributed by atoms with Gasteiger partial charge >= 0.3 is 29.6 Å². The van der Waals surface area contributed by atoms with Crippen LogP contribution in [-0.4, -0.2) is 114 Å². The third-order valence-electron chi connectivity index (χ3n) is 8.51. The van der Waals surface area contributed by atoms with Crippen molar-refractivity contribution in [1.82, 2.24) is 36.0 Å². The zero-order valence-electron chi connectivity index (χ0n) is 30.5. The number of β-lactam (4-membered cyclic amide) rings is 1. The number of fused-ring (bicyclic) bond motifs is 1. The fourth-order valence-corrected chi connectivity index (χ4v) is 8.95. The van der Waals surface area contributed by atoms with Gasteiger partial charge in [-0.15, -0.1) is 22.0 Å². The van der Waals surface area contributed by atoms with Gasteiger partial charge in [0.2, 0.25) is 16.8 Å². The van der Waals surface area contributed by atoms with Gasteiger partial charge in [-0.3, -0.25) is 24.1 Å². The number of aliphatic hydroxyl groups is 1. The van der Waals surface area contributed by atoms with E-state index < -0.39 is 52.9 Å². The van der Waals surface area contributed by atoms with Crippen molar-refractivity contribution >= 4 is 64.5 Å². The Kier molecular flexibility index (Phi) is 15.1. The van der Waals surface area contributed by atoms with E-state index in [4.69, 9.17) is 9.84 Å². The molecule has 2 unspecified atom stereocenters. The normalized spacial score (nSPS) is 16.5. The summed E-state index contributed by atoms with van der Waals surface area (Å²) in [7, 11) is 0. The Morgan fingerprint density at radius 2 is 1.75 bits per heavy atom. The summed E-state index contributed by atoms with van der Waals surface area (Å²) in [5.41, 5.74) is 2.24. The first-order valence-electron chi connectivity index (χ1n) is 16.9. The van der Waals surface area contributed by atoms with Gasteiger partial charge in [0, 0.05) is 23.6 Å². The fraction of sp³-hybridized carbons (Fsp3) is 0.278. The van der Waals surface area contributed by atoms with Gasteiger partial charge in [0.1, 0.15) is 28.8 Å². The number of hydrogen-bond donors (Lipinski definition) is 6. The van der Waals surface area contributed by atoms with Crippen LogP contribution in [0.15, 0.2) is 76.3 Å². The van der Waals surface area contributed by atoms with E-state index in [9.17, 15) is 39.3 Å². The van der Waals surface area contributed by atoms with Crippen LogP contribution in [0.2, 0.25) is 0 Å². The molecule has 3 atom stereocenters. The molecular formula is C36H34N7NaO10S3. The summed E-state index contributed by atoms with van der Waals surface area (Å²) in [5.74, 6) is -4.82. The summed E-state index contributed by atoms with van der Waals surface area (Å²) in [5, 5.41) is 56.7. The molecule has 4 aromatic rings. The standard InChI is InChI=1S/C36H35N7O10S3.Na/c1-18-2-4-19(5-3-18)24-11-10-23(28(46)38-24)29(47)39-25(20-6-8-22(45)9-7-20)30(48)40-26-33(50)43-27(35(51)52)21(16-54-34(26)43)17-55-36-42-41-32(56-36)31(49)37-12-14-53-15-13-44;/h2-11,25-26,34,44-45H,12-17H2,1H3,(H,37,49)(H,38,46)(H,39,47)(H,40,48)(H,51,52);/q;+1/p-1/t25?,26?,34-;/m0./s1. The Labute approximate surface area is 360 Å². The number of aromatic hydroxyl groups is 2. The Morgan fingerprint density at radius 3 is 2.44 bits per heavy atom. The number of carbonyl (C=O) groups is 5. The SMILES string of the molecule is Cc1ccc(-c2ccc(C(=O)NC(C(=O)NC3C(=O)N4C(C(=O)[O-])=C(CSc5nnc(C(=O)NCCOCCO)s5)CS[C@@H]34)c3ccc(O)cc3)c(O)n2)cc1.[Na+]. The molecule has 4 amide bonds. The van der Waals surface area contributed by atoms with Crippen LogP contribution in [0.5, 0.6) is 11.6 Å². The van der Waals surface area contributed by atoms with Crippen molar-refractivity contribution in [1.29, 1.82) is 0 Å². The van der Waals surface area contributed by atoms with Gasteiger partial charge in [-0.1, -0.05) is 65.1 Å². The maximum atomic E-state index is 13.8. The first kappa shape index (κ1) is 43.6. The Morgan fingerprint density at radius 1 is 1.02 bits per heavy atom. The number of aryl methyl sites for hydroxylation is 1. The van der Waals surface area contributed by atoms with Crippen LogP contribution in [0.1, 0.15) is 37.3 Å². The number of carboxylic acids is 1. The maximum absolute atomic E-state index is 13.8. The molecule has 2 aliphatic heterocycles. The van der Waals surface area contributed by atoms with Gasteiger partial charge in [0.05, 0.1) is 37.2 Å². The van der Waals surface area contributed by atoms with Crippen molar-refractivity contribution in [3.8, 4) is 22.9 Å². The molecular weight excluding hydrogens is 810 g/mol. The summed E-state index contributed by atoms with van der Waals surface area (Å²) >= 11 is 3.35. The molecule has 57 heavy (non-hydrogen) atoms. The van der Waals surface area contributed by atoms with Crippen molar-refractivity contribution in [2.24, 2.45) is 0 Å². The van der Waals surface area contributed by atoms with E-state index in [-0.39, 0.29) is 95.0 Å². The predicted octanol–water partition coefficient (Wildman–Crippen LogP) is -2.27. The van der Waals surface area contributed by atoms with E-state index in [2.05, 4.69) is 31.1 Å². The third kappa shape index (κ3) is 10.3. The van der Waals surface area contributed by atoms with Crippen molar-refractivity contribution in [3.05, 3.63) is 93.6 Å². The molecule has 292 valence electrons.